The molecule has 172 valence electrons. The van der Waals surface area contributed by atoms with Gasteiger partial charge >= 0.3 is 12.1 Å². The Morgan fingerprint density at radius 1 is 0.971 bits per heavy atom. The van der Waals surface area contributed by atoms with E-state index in [1.165, 1.54) is 11.0 Å². The maximum atomic E-state index is 12.8. The number of benzene rings is 2. The number of fused-ring (bicyclic) bond motifs is 3. The summed E-state index contributed by atoms with van der Waals surface area (Å²) in [6.45, 7) is 0.522. The van der Waals surface area contributed by atoms with Crippen LogP contribution in [0.4, 0.5) is 10.6 Å². The van der Waals surface area contributed by atoms with Crippen molar-refractivity contribution in [3.8, 4) is 11.1 Å². The average Bonchev–Trinajstić information content (AvgIpc) is 3.46. The lowest BCUT2D eigenvalue weighted by Crippen LogP contribution is -2.40. The minimum atomic E-state index is -1.03. The Kier molecular flexibility index (Phi) is 5.71. The van der Waals surface area contributed by atoms with E-state index in [1.807, 2.05) is 36.4 Å². The normalized spacial score (nSPS) is 16.6. The van der Waals surface area contributed by atoms with Gasteiger partial charge in [-0.3, -0.25) is 10.1 Å². The van der Waals surface area contributed by atoms with E-state index in [-0.39, 0.29) is 24.0 Å². The van der Waals surface area contributed by atoms with E-state index in [2.05, 4.69) is 22.4 Å². The molecule has 1 atom stereocenters. The lowest BCUT2D eigenvalue weighted by Gasteiger charge is -2.21. The molecule has 2 aliphatic rings. The van der Waals surface area contributed by atoms with Gasteiger partial charge in [-0.1, -0.05) is 54.6 Å². The molecule has 2 amide bonds. The first-order valence-corrected chi connectivity index (χ1v) is 11.2. The largest absolute Gasteiger partial charge is 0.480 e. The number of carboxylic acids is 1. The molecule has 0 saturated carbocycles. The predicted molar refractivity (Wildman–Crippen MR) is 125 cm³/mol. The number of nitrogens with one attached hydrogen (secondary N) is 1. The van der Waals surface area contributed by atoms with Gasteiger partial charge in [0.15, 0.2) is 0 Å². The highest BCUT2D eigenvalue weighted by Crippen LogP contribution is 2.44. The molecule has 3 aromatic rings. The van der Waals surface area contributed by atoms with Crippen LogP contribution in [0.3, 0.4) is 0 Å². The Labute approximate surface area is 196 Å². The summed E-state index contributed by atoms with van der Waals surface area (Å²) in [7, 11) is 0. The fraction of sp³-hybridized carbons (Fsp3) is 0.231. The van der Waals surface area contributed by atoms with Gasteiger partial charge in [0, 0.05) is 12.5 Å². The van der Waals surface area contributed by atoms with E-state index in [1.54, 1.807) is 12.1 Å². The second kappa shape index (κ2) is 8.97. The van der Waals surface area contributed by atoms with Crippen LogP contribution in [0.5, 0.6) is 0 Å². The van der Waals surface area contributed by atoms with E-state index in [0.29, 0.717) is 19.4 Å². The fourth-order valence-corrected chi connectivity index (χ4v) is 4.78. The van der Waals surface area contributed by atoms with Crippen LogP contribution in [0, 0.1) is 0 Å². The van der Waals surface area contributed by atoms with Crippen molar-refractivity contribution in [2.75, 3.05) is 18.5 Å². The average molecular weight is 457 g/mol. The van der Waals surface area contributed by atoms with E-state index in [0.717, 1.165) is 22.3 Å². The second-order valence-corrected chi connectivity index (χ2v) is 8.35. The van der Waals surface area contributed by atoms with Crippen molar-refractivity contribution >= 4 is 23.8 Å². The van der Waals surface area contributed by atoms with Crippen molar-refractivity contribution < 1.29 is 24.2 Å². The molecule has 34 heavy (non-hydrogen) atoms. The molecule has 1 saturated heterocycles. The van der Waals surface area contributed by atoms with Gasteiger partial charge in [0.25, 0.3) is 5.91 Å². The third kappa shape index (κ3) is 3.98. The molecule has 2 aromatic carbocycles. The number of anilines is 1. The molecule has 5 rings (SSSR count). The number of carbonyl (C=O) groups excluding carboxylic acids is 2. The highest BCUT2D eigenvalue weighted by atomic mass is 16.5. The molecule has 2 N–H and O–H groups in total. The summed E-state index contributed by atoms with van der Waals surface area (Å²) in [6, 6.07) is 19.9. The van der Waals surface area contributed by atoms with Crippen molar-refractivity contribution in [2.24, 2.45) is 0 Å². The molecule has 0 bridgehead atoms. The number of nitrogens with zero attached hydrogens (tertiary/aromatic N) is 2. The van der Waals surface area contributed by atoms with Crippen molar-refractivity contribution in [1.29, 1.82) is 0 Å². The number of aliphatic carboxylic acids is 1. The zero-order chi connectivity index (χ0) is 23.7. The van der Waals surface area contributed by atoms with Gasteiger partial charge in [-0.2, -0.15) is 0 Å². The minimum absolute atomic E-state index is 0.0675. The Morgan fingerprint density at radius 3 is 2.32 bits per heavy atom. The number of pyridine rings is 1. The first kappa shape index (κ1) is 21.6. The van der Waals surface area contributed by atoms with Crippen molar-refractivity contribution in [1.82, 2.24) is 9.88 Å². The van der Waals surface area contributed by atoms with Crippen LogP contribution < -0.4 is 5.32 Å². The van der Waals surface area contributed by atoms with Crippen molar-refractivity contribution in [3.05, 3.63) is 83.6 Å². The topological polar surface area (TPSA) is 109 Å². The summed E-state index contributed by atoms with van der Waals surface area (Å²) in [4.78, 5) is 42.2. The lowest BCUT2D eigenvalue weighted by atomic mass is 9.98. The molecule has 1 aliphatic heterocycles. The fourth-order valence-electron chi connectivity index (χ4n) is 4.78. The standard InChI is InChI=1S/C26H23N3O5/c30-24(29-14-6-12-22(29)25(31)32)21-11-5-13-23(27-21)28-26(33)34-15-20-18-9-3-1-7-16(18)17-8-2-4-10-19(17)20/h1-5,7-11,13,20,22H,6,12,14-15H2,(H,31,32)(H,27,28,33)/t22-/m1/s1. The molecule has 1 fully saturated rings. The van der Waals surface area contributed by atoms with E-state index < -0.39 is 24.0 Å². The number of hydrogen-bond donors (Lipinski definition) is 2. The molecule has 0 spiro atoms. The van der Waals surface area contributed by atoms with Gasteiger partial charge < -0.3 is 14.7 Å². The Bertz CT molecular complexity index is 1230. The number of amides is 2. The number of ether oxygens (including phenoxy) is 1. The van der Waals surface area contributed by atoms with E-state index >= 15 is 0 Å². The van der Waals surface area contributed by atoms with Crippen LogP contribution in [0.25, 0.3) is 11.1 Å². The van der Waals surface area contributed by atoms with Gasteiger partial charge in [0.2, 0.25) is 0 Å². The van der Waals surface area contributed by atoms with Crippen LogP contribution in [-0.2, 0) is 9.53 Å². The summed E-state index contributed by atoms with van der Waals surface area (Å²) in [6.07, 6.45) is 0.364. The SMILES string of the molecule is O=C(Nc1cccc(C(=O)N2CCC[C@@H]2C(=O)O)n1)OCC1c2ccccc2-c2ccccc21. The van der Waals surface area contributed by atoms with Crippen LogP contribution >= 0.6 is 0 Å². The molecule has 8 heteroatoms. The molecular formula is C26H23N3O5. The zero-order valence-electron chi connectivity index (χ0n) is 18.3. The third-order valence-electron chi connectivity index (χ3n) is 6.34. The van der Waals surface area contributed by atoms with Crippen LogP contribution in [-0.4, -0.2) is 52.2 Å². The quantitative estimate of drug-likeness (QED) is 0.596. The summed E-state index contributed by atoms with van der Waals surface area (Å²) in [5.41, 5.74) is 4.58. The van der Waals surface area contributed by atoms with Crippen LogP contribution in [0.1, 0.15) is 40.4 Å². The monoisotopic (exact) mass is 457 g/mol. The predicted octanol–water partition coefficient (Wildman–Crippen LogP) is 4.13. The van der Waals surface area contributed by atoms with Gasteiger partial charge in [-0.05, 0) is 47.2 Å². The highest BCUT2D eigenvalue weighted by molar-refractivity contribution is 5.96. The molecule has 1 aliphatic carbocycles. The smallest absolute Gasteiger partial charge is 0.412 e. The minimum Gasteiger partial charge on any atom is -0.480 e. The van der Waals surface area contributed by atoms with Crippen molar-refractivity contribution in [3.63, 3.8) is 0 Å². The first-order chi connectivity index (χ1) is 16.5. The number of carbonyl (C=O) groups is 3. The summed E-state index contributed by atoms with van der Waals surface area (Å²) in [5.74, 6) is -1.41. The summed E-state index contributed by atoms with van der Waals surface area (Å²) < 4.78 is 5.53. The van der Waals surface area contributed by atoms with Gasteiger partial charge in [-0.25, -0.2) is 14.6 Å². The maximum Gasteiger partial charge on any atom is 0.412 e. The van der Waals surface area contributed by atoms with E-state index in [9.17, 15) is 19.5 Å². The molecule has 0 radical (unpaired) electrons. The number of hydrogen-bond acceptors (Lipinski definition) is 5. The molecule has 2 heterocycles. The summed E-state index contributed by atoms with van der Waals surface area (Å²) >= 11 is 0. The summed E-state index contributed by atoms with van der Waals surface area (Å²) in [5, 5.41) is 11.9. The number of likely N-dealkylation sites (tertiary alicyclic amines) is 1. The Morgan fingerprint density at radius 2 is 1.65 bits per heavy atom. The van der Waals surface area contributed by atoms with E-state index in [4.69, 9.17) is 4.74 Å². The van der Waals surface area contributed by atoms with Gasteiger partial charge in [-0.15, -0.1) is 0 Å². The number of carboxylic acid groups (broad SMARTS) is 1. The zero-order valence-corrected chi connectivity index (χ0v) is 18.3. The maximum absolute atomic E-state index is 12.8. The van der Waals surface area contributed by atoms with Gasteiger partial charge in [0.1, 0.15) is 24.2 Å². The molecular weight excluding hydrogens is 434 g/mol. The molecule has 0 unspecified atom stereocenters. The third-order valence-corrected chi connectivity index (χ3v) is 6.34. The lowest BCUT2D eigenvalue weighted by molar-refractivity contribution is -0.141. The second-order valence-electron chi connectivity index (χ2n) is 8.35. The first-order valence-electron chi connectivity index (χ1n) is 11.2. The molecule has 1 aromatic heterocycles. The van der Waals surface area contributed by atoms with Crippen LogP contribution in [0.15, 0.2) is 66.7 Å². The van der Waals surface area contributed by atoms with Crippen molar-refractivity contribution in [2.45, 2.75) is 24.8 Å². The van der Waals surface area contributed by atoms with Gasteiger partial charge in [0.05, 0.1) is 0 Å². The number of rotatable bonds is 5. The van der Waals surface area contributed by atoms with Crippen LogP contribution in [0.2, 0.25) is 0 Å². The Hall–Kier alpha value is -4.20. The highest BCUT2D eigenvalue weighted by Gasteiger charge is 2.35. The Balaban J connectivity index is 1.26. The number of aromatic nitrogens is 1. The molecule has 8 nitrogen and oxygen atoms in total.